The Balaban J connectivity index is 2.30. The van der Waals surface area contributed by atoms with Gasteiger partial charge in [0.05, 0.1) is 0 Å². The van der Waals surface area contributed by atoms with Crippen LogP contribution in [0.25, 0.3) is 0 Å². The highest BCUT2D eigenvalue weighted by Crippen LogP contribution is 2.23. The van der Waals surface area contributed by atoms with Crippen LogP contribution < -0.4 is 5.32 Å². The van der Waals surface area contributed by atoms with Crippen molar-refractivity contribution in [1.82, 2.24) is 5.32 Å². The quantitative estimate of drug-likeness (QED) is 0.863. The lowest BCUT2D eigenvalue weighted by molar-refractivity contribution is 0.499. The number of halogens is 2. The first kappa shape index (κ1) is 14.7. The van der Waals surface area contributed by atoms with Gasteiger partial charge in [-0.2, -0.15) is 0 Å². The molecule has 0 saturated carbocycles. The average Bonchev–Trinajstić information content (AvgIpc) is 2.42. The van der Waals surface area contributed by atoms with Gasteiger partial charge in [-0.15, -0.1) is 0 Å². The van der Waals surface area contributed by atoms with E-state index in [0.717, 1.165) is 17.7 Å². The van der Waals surface area contributed by atoms with E-state index in [1.807, 2.05) is 38.1 Å². The van der Waals surface area contributed by atoms with Crippen molar-refractivity contribution in [3.8, 4) is 0 Å². The highest BCUT2D eigenvalue weighted by atomic mass is 19.1. The highest BCUT2D eigenvalue weighted by Gasteiger charge is 2.16. The van der Waals surface area contributed by atoms with Crippen LogP contribution in [0.3, 0.4) is 0 Å². The van der Waals surface area contributed by atoms with Crippen molar-refractivity contribution in [3.63, 3.8) is 0 Å². The number of nitrogens with one attached hydrogen (secondary N) is 1. The Labute approximate surface area is 118 Å². The molecule has 0 saturated heterocycles. The highest BCUT2D eigenvalue weighted by molar-refractivity contribution is 5.28. The number of rotatable bonds is 5. The topological polar surface area (TPSA) is 12.0 Å². The number of hydrogen-bond donors (Lipinski definition) is 1. The number of benzene rings is 2. The van der Waals surface area contributed by atoms with Crippen molar-refractivity contribution in [2.45, 2.75) is 26.3 Å². The molecule has 1 N–H and O–H groups in total. The van der Waals surface area contributed by atoms with Crippen LogP contribution in [0.1, 0.15) is 29.7 Å². The molecule has 1 nitrogen and oxygen atoms in total. The summed E-state index contributed by atoms with van der Waals surface area (Å²) < 4.78 is 27.6. The molecule has 0 aliphatic heterocycles. The van der Waals surface area contributed by atoms with Crippen LogP contribution in [0, 0.1) is 18.6 Å². The molecule has 0 amide bonds. The van der Waals surface area contributed by atoms with E-state index in [9.17, 15) is 8.78 Å². The summed E-state index contributed by atoms with van der Waals surface area (Å²) in [5, 5.41) is 3.30. The summed E-state index contributed by atoms with van der Waals surface area (Å²) in [6.45, 7) is 4.74. The molecule has 106 valence electrons. The van der Waals surface area contributed by atoms with Crippen molar-refractivity contribution in [2.75, 3.05) is 6.54 Å². The van der Waals surface area contributed by atoms with Gasteiger partial charge in [-0.3, -0.25) is 0 Å². The summed E-state index contributed by atoms with van der Waals surface area (Å²) >= 11 is 0. The maximum absolute atomic E-state index is 13.8. The standard InChI is InChI=1S/C17H19F2N/c1-3-20-17(13-7-4-6-12(2)10-13)11-14-15(18)8-5-9-16(14)19/h4-10,17,20H,3,11H2,1-2H3. The van der Waals surface area contributed by atoms with Crippen molar-refractivity contribution in [3.05, 3.63) is 70.8 Å². The molecule has 20 heavy (non-hydrogen) atoms. The largest absolute Gasteiger partial charge is 0.310 e. The fourth-order valence-electron chi connectivity index (χ4n) is 2.37. The molecule has 1 unspecified atom stereocenters. The Morgan fingerprint density at radius 3 is 2.30 bits per heavy atom. The third-order valence-corrected chi connectivity index (χ3v) is 3.36. The lowest BCUT2D eigenvalue weighted by Crippen LogP contribution is -2.23. The van der Waals surface area contributed by atoms with Gasteiger partial charge in [0.1, 0.15) is 11.6 Å². The van der Waals surface area contributed by atoms with Gasteiger partial charge in [0.25, 0.3) is 0 Å². The number of hydrogen-bond acceptors (Lipinski definition) is 1. The van der Waals surface area contributed by atoms with E-state index in [4.69, 9.17) is 0 Å². The molecule has 0 spiro atoms. The van der Waals surface area contributed by atoms with Crippen LogP contribution >= 0.6 is 0 Å². The maximum atomic E-state index is 13.8. The van der Waals surface area contributed by atoms with E-state index in [-0.39, 0.29) is 11.6 Å². The van der Waals surface area contributed by atoms with E-state index in [1.165, 1.54) is 18.2 Å². The molecule has 2 rings (SSSR count). The lowest BCUT2D eigenvalue weighted by Gasteiger charge is -2.19. The molecular formula is C17H19F2N. The minimum atomic E-state index is -0.486. The van der Waals surface area contributed by atoms with Gasteiger partial charge in [0.2, 0.25) is 0 Å². The Bertz CT molecular complexity index is 561. The van der Waals surface area contributed by atoms with Crippen LogP contribution in [0.4, 0.5) is 8.78 Å². The van der Waals surface area contributed by atoms with Crippen LogP contribution in [-0.2, 0) is 6.42 Å². The smallest absolute Gasteiger partial charge is 0.129 e. The SMILES string of the molecule is CCNC(Cc1c(F)cccc1F)c1cccc(C)c1. The zero-order valence-corrected chi connectivity index (χ0v) is 11.8. The first-order valence-electron chi connectivity index (χ1n) is 6.84. The van der Waals surface area contributed by atoms with E-state index in [2.05, 4.69) is 5.32 Å². The van der Waals surface area contributed by atoms with Gasteiger partial charge in [-0.1, -0.05) is 42.8 Å². The van der Waals surface area contributed by atoms with Crippen molar-refractivity contribution >= 4 is 0 Å². The normalized spacial score (nSPS) is 12.4. The second-order valence-corrected chi connectivity index (χ2v) is 4.93. The fourth-order valence-corrected chi connectivity index (χ4v) is 2.37. The summed E-state index contributed by atoms with van der Waals surface area (Å²) in [5.41, 5.74) is 2.33. The monoisotopic (exact) mass is 275 g/mol. The average molecular weight is 275 g/mol. The molecule has 1 atom stereocenters. The molecular weight excluding hydrogens is 256 g/mol. The first-order valence-corrected chi connectivity index (χ1v) is 6.84. The van der Waals surface area contributed by atoms with Crippen LogP contribution in [0.15, 0.2) is 42.5 Å². The molecule has 0 radical (unpaired) electrons. The second kappa shape index (κ2) is 6.62. The van der Waals surface area contributed by atoms with Crippen LogP contribution in [0.5, 0.6) is 0 Å². The van der Waals surface area contributed by atoms with Crippen molar-refractivity contribution in [2.24, 2.45) is 0 Å². The Hall–Kier alpha value is -1.74. The van der Waals surface area contributed by atoms with Gasteiger partial charge in [0.15, 0.2) is 0 Å². The van der Waals surface area contributed by atoms with Gasteiger partial charge in [-0.25, -0.2) is 8.78 Å². The predicted octanol–water partition coefficient (Wildman–Crippen LogP) is 4.17. The molecule has 2 aromatic rings. The maximum Gasteiger partial charge on any atom is 0.129 e. The Morgan fingerprint density at radius 1 is 1.05 bits per heavy atom. The minimum absolute atomic E-state index is 0.0914. The molecule has 0 heterocycles. The van der Waals surface area contributed by atoms with Gasteiger partial charge < -0.3 is 5.32 Å². The molecule has 0 fully saturated rings. The summed E-state index contributed by atoms with van der Waals surface area (Å²) in [6, 6.07) is 11.9. The zero-order chi connectivity index (χ0) is 14.5. The molecule has 0 aliphatic carbocycles. The van der Waals surface area contributed by atoms with Crippen molar-refractivity contribution in [1.29, 1.82) is 0 Å². The zero-order valence-electron chi connectivity index (χ0n) is 11.8. The fraction of sp³-hybridized carbons (Fsp3) is 0.294. The molecule has 2 aromatic carbocycles. The predicted molar refractivity (Wildman–Crippen MR) is 77.7 cm³/mol. The number of aryl methyl sites for hydroxylation is 1. The van der Waals surface area contributed by atoms with E-state index >= 15 is 0 Å². The molecule has 0 aromatic heterocycles. The van der Waals surface area contributed by atoms with E-state index in [1.54, 1.807) is 0 Å². The van der Waals surface area contributed by atoms with Crippen molar-refractivity contribution < 1.29 is 8.78 Å². The third-order valence-electron chi connectivity index (χ3n) is 3.36. The summed E-state index contributed by atoms with van der Waals surface area (Å²) in [5.74, 6) is -0.971. The summed E-state index contributed by atoms with van der Waals surface area (Å²) in [6.07, 6.45) is 0.301. The number of likely N-dealkylation sites (N-methyl/N-ethyl adjacent to an activating group) is 1. The second-order valence-electron chi connectivity index (χ2n) is 4.93. The van der Waals surface area contributed by atoms with Crippen LogP contribution in [-0.4, -0.2) is 6.54 Å². The summed E-state index contributed by atoms with van der Waals surface area (Å²) in [4.78, 5) is 0. The first-order chi connectivity index (χ1) is 9.61. The Kier molecular flexibility index (Phi) is 4.85. The van der Waals surface area contributed by atoms with Gasteiger partial charge >= 0.3 is 0 Å². The van der Waals surface area contributed by atoms with Gasteiger partial charge in [0, 0.05) is 11.6 Å². The van der Waals surface area contributed by atoms with Gasteiger partial charge in [-0.05, 0) is 37.6 Å². The minimum Gasteiger partial charge on any atom is -0.310 e. The van der Waals surface area contributed by atoms with E-state index in [0.29, 0.717) is 6.42 Å². The van der Waals surface area contributed by atoms with E-state index < -0.39 is 11.6 Å². The molecule has 0 bridgehead atoms. The molecule has 3 heteroatoms. The third kappa shape index (κ3) is 3.42. The molecule has 0 aliphatic rings. The van der Waals surface area contributed by atoms with Crippen LogP contribution in [0.2, 0.25) is 0 Å². The lowest BCUT2D eigenvalue weighted by atomic mass is 9.97. The Morgan fingerprint density at radius 2 is 1.70 bits per heavy atom. The summed E-state index contributed by atoms with van der Waals surface area (Å²) in [7, 11) is 0.